The predicted molar refractivity (Wildman–Crippen MR) is 102 cm³/mol. The highest BCUT2D eigenvalue weighted by Gasteiger charge is 2.17. The van der Waals surface area contributed by atoms with Gasteiger partial charge >= 0.3 is 0 Å². The minimum absolute atomic E-state index is 0.0303. The first-order valence-electron chi connectivity index (χ1n) is 8.90. The van der Waals surface area contributed by atoms with Crippen molar-refractivity contribution in [2.24, 2.45) is 0 Å². The molecule has 0 bridgehead atoms. The molecule has 1 N–H and O–H groups in total. The van der Waals surface area contributed by atoms with Crippen LogP contribution in [0.5, 0.6) is 23.0 Å². The number of hydrogen-bond acceptors (Lipinski definition) is 6. The van der Waals surface area contributed by atoms with Gasteiger partial charge in [-0.05, 0) is 42.8 Å². The number of carbonyl (C=O) groups is 1. The Morgan fingerprint density at radius 3 is 2.22 bits per heavy atom. The fourth-order valence-electron chi connectivity index (χ4n) is 2.96. The van der Waals surface area contributed by atoms with Gasteiger partial charge in [0.25, 0.3) is 0 Å². The maximum atomic E-state index is 12.3. The van der Waals surface area contributed by atoms with Crippen LogP contribution in [0.25, 0.3) is 0 Å². The number of thioether (sulfide) groups is 1. The van der Waals surface area contributed by atoms with Gasteiger partial charge in [-0.3, -0.25) is 4.79 Å². The van der Waals surface area contributed by atoms with Gasteiger partial charge in [0.2, 0.25) is 5.91 Å². The van der Waals surface area contributed by atoms with E-state index in [4.69, 9.17) is 18.9 Å². The van der Waals surface area contributed by atoms with Gasteiger partial charge in [-0.1, -0.05) is 6.07 Å². The number of benzene rings is 2. The average Bonchev–Trinajstić information content (AvgIpc) is 2.71. The van der Waals surface area contributed by atoms with Gasteiger partial charge < -0.3 is 24.3 Å². The first-order chi connectivity index (χ1) is 13.2. The smallest absolute Gasteiger partial charge is 0.230 e. The molecular formula is C20H21NO5S. The molecule has 142 valence electrons. The van der Waals surface area contributed by atoms with Crippen molar-refractivity contribution in [3.05, 3.63) is 42.0 Å². The number of carbonyl (C=O) groups excluding carboxylic acids is 1. The van der Waals surface area contributed by atoms with Crippen molar-refractivity contribution in [1.82, 2.24) is 5.32 Å². The van der Waals surface area contributed by atoms with Crippen LogP contribution >= 0.6 is 11.8 Å². The third-order valence-electron chi connectivity index (χ3n) is 4.33. The Balaban J connectivity index is 1.32. The highest BCUT2D eigenvalue weighted by atomic mass is 32.2. The van der Waals surface area contributed by atoms with E-state index in [-0.39, 0.29) is 11.9 Å². The van der Waals surface area contributed by atoms with Gasteiger partial charge in [-0.25, -0.2) is 0 Å². The molecular weight excluding hydrogens is 366 g/mol. The van der Waals surface area contributed by atoms with E-state index in [2.05, 4.69) is 5.32 Å². The van der Waals surface area contributed by atoms with Gasteiger partial charge in [-0.15, -0.1) is 11.8 Å². The van der Waals surface area contributed by atoms with Crippen LogP contribution in [0.15, 0.2) is 41.3 Å². The van der Waals surface area contributed by atoms with E-state index in [1.54, 1.807) is 0 Å². The molecule has 0 radical (unpaired) electrons. The standard InChI is InChI=1S/C20H21NO5S/c1-13(14-2-4-16-18(10-14)25-8-6-23-16)21-20(22)12-27-15-3-5-17-19(11-15)26-9-7-24-17/h2-5,10-11,13H,6-9,12H2,1H3,(H,21,22). The van der Waals surface area contributed by atoms with Crippen molar-refractivity contribution >= 4 is 17.7 Å². The van der Waals surface area contributed by atoms with Gasteiger partial charge in [-0.2, -0.15) is 0 Å². The lowest BCUT2D eigenvalue weighted by molar-refractivity contribution is -0.119. The summed E-state index contributed by atoms with van der Waals surface area (Å²) in [7, 11) is 0. The van der Waals surface area contributed by atoms with E-state index >= 15 is 0 Å². The Kier molecular flexibility index (Phi) is 5.29. The summed E-state index contributed by atoms with van der Waals surface area (Å²) >= 11 is 1.47. The van der Waals surface area contributed by atoms with E-state index in [9.17, 15) is 4.79 Å². The third-order valence-corrected chi connectivity index (χ3v) is 5.32. The summed E-state index contributed by atoms with van der Waals surface area (Å²) in [4.78, 5) is 13.3. The van der Waals surface area contributed by atoms with E-state index < -0.39 is 0 Å². The molecule has 2 heterocycles. The summed E-state index contributed by atoms with van der Waals surface area (Å²) in [6.45, 7) is 4.19. The molecule has 0 spiro atoms. The van der Waals surface area contributed by atoms with Crippen LogP contribution in [0.3, 0.4) is 0 Å². The molecule has 0 saturated carbocycles. The summed E-state index contributed by atoms with van der Waals surface area (Å²) in [6.07, 6.45) is 0. The quantitative estimate of drug-likeness (QED) is 0.795. The number of rotatable bonds is 5. The second-order valence-electron chi connectivity index (χ2n) is 6.29. The lowest BCUT2D eigenvalue weighted by Gasteiger charge is -2.21. The minimum Gasteiger partial charge on any atom is -0.486 e. The predicted octanol–water partition coefficient (Wildman–Crippen LogP) is 3.20. The zero-order chi connectivity index (χ0) is 18.6. The minimum atomic E-state index is -0.116. The van der Waals surface area contributed by atoms with Crippen LogP contribution in [-0.4, -0.2) is 38.1 Å². The zero-order valence-corrected chi connectivity index (χ0v) is 15.8. The summed E-state index contributed by atoms with van der Waals surface area (Å²) in [5.74, 6) is 3.26. The molecule has 1 unspecified atom stereocenters. The first-order valence-corrected chi connectivity index (χ1v) is 9.89. The average molecular weight is 387 g/mol. The number of nitrogens with one attached hydrogen (secondary N) is 1. The molecule has 2 aromatic carbocycles. The molecule has 6 nitrogen and oxygen atoms in total. The molecule has 0 fully saturated rings. The highest BCUT2D eigenvalue weighted by Crippen LogP contribution is 2.34. The second-order valence-corrected chi connectivity index (χ2v) is 7.34. The van der Waals surface area contributed by atoms with E-state index in [0.29, 0.717) is 32.2 Å². The molecule has 0 aliphatic carbocycles. The SMILES string of the molecule is CC(NC(=O)CSc1ccc2c(c1)OCCO2)c1ccc2c(c1)OCCO2. The maximum Gasteiger partial charge on any atom is 0.230 e. The molecule has 4 rings (SSSR count). The largest absolute Gasteiger partial charge is 0.486 e. The molecule has 1 atom stereocenters. The summed E-state index contributed by atoms with van der Waals surface area (Å²) in [6, 6.07) is 11.4. The monoisotopic (exact) mass is 387 g/mol. The molecule has 0 aromatic heterocycles. The molecule has 2 aromatic rings. The Morgan fingerprint density at radius 1 is 0.926 bits per heavy atom. The van der Waals surface area contributed by atoms with Crippen LogP contribution in [0.1, 0.15) is 18.5 Å². The first kappa shape index (κ1) is 17.9. The molecule has 2 aliphatic rings. The van der Waals surface area contributed by atoms with E-state index in [1.807, 2.05) is 43.3 Å². The van der Waals surface area contributed by atoms with E-state index in [0.717, 1.165) is 33.5 Å². The van der Waals surface area contributed by atoms with Crippen LogP contribution in [0.2, 0.25) is 0 Å². The van der Waals surface area contributed by atoms with Crippen molar-refractivity contribution in [2.75, 3.05) is 32.2 Å². The van der Waals surface area contributed by atoms with Crippen molar-refractivity contribution in [2.45, 2.75) is 17.9 Å². The third kappa shape index (κ3) is 4.24. The summed E-state index contributed by atoms with van der Waals surface area (Å²) in [5.41, 5.74) is 0.983. The lowest BCUT2D eigenvalue weighted by atomic mass is 10.1. The summed E-state index contributed by atoms with van der Waals surface area (Å²) in [5, 5.41) is 3.02. The van der Waals surface area contributed by atoms with Crippen molar-refractivity contribution in [3.8, 4) is 23.0 Å². The fourth-order valence-corrected chi connectivity index (χ4v) is 3.69. The Labute approximate surface area is 162 Å². The number of amides is 1. The zero-order valence-electron chi connectivity index (χ0n) is 15.0. The highest BCUT2D eigenvalue weighted by molar-refractivity contribution is 8.00. The van der Waals surface area contributed by atoms with Crippen LogP contribution in [0.4, 0.5) is 0 Å². The second kappa shape index (κ2) is 8.00. The molecule has 7 heteroatoms. The van der Waals surface area contributed by atoms with Gasteiger partial charge in [0.1, 0.15) is 26.4 Å². The Morgan fingerprint density at radius 2 is 1.52 bits per heavy atom. The van der Waals surface area contributed by atoms with Crippen LogP contribution in [-0.2, 0) is 4.79 Å². The lowest BCUT2D eigenvalue weighted by Crippen LogP contribution is -2.28. The molecule has 0 saturated heterocycles. The molecule has 2 aliphatic heterocycles. The number of fused-ring (bicyclic) bond motifs is 2. The molecule has 1 amide bonds. The molecule has 27 heavy (non-hydrogen) atoms. The van der Waals surface area contributed by atoms with Gasteiger partial charge in [0, 0.05) is 4.90 Å². The maximum absolute atomic E-state index is 12.3. The van der Waals surface area contributed by atoms with Crippen LogP contribution < -0.4 is 24.3 Å². The van der Waals surface area contributed by atoms with E-state index in [1.165, 1.54) is 11.8 Å². The van der Waals surface area contributed by atoms with Crippen LogP contribution in [0, 0.1) is 0 Å². The normalized spacial score (nSPS) is 15.7. The number of ether oxygens (including phenoxy) is 4. The topological polar surface area (TPSA) is 66.0 Å². The Bertz CT molecular complexity index is 841. The van der Waals surface area contributed by atoms with Crippen molar-refractivity contribution in [3.63, 3.8) is 0 Å². The fraction of sp³-hybridized carbons (Fsp3) is 0.350. The van der Waals surface area contributed by atoms with Crippen molar-refractivity contribution < 1.29 is 23.7 Å². The van der Waals surface area contributed by atoms with Gasteiger partial charge in [0.15, 0.2) is 23.0 Å². The van der Waals surface area contributed by atoms with Gasteiger partial charge in [0.05, 0.1) is 11.8 Å². The summed E-state index contributed by atoms with van der Waals surface area (Å²) < 4.78 is 22.2. The Hall–Kier alpha value is -2.54. The number of hydrogen-bond donors (Lipinski definition) is 1. The van der Waals surface area contributed by atoms with Crippen molar-refractivity contribution in [1.29, 1.82) is 0 Å².